The fourth-order valence-electron chi connectivity index (χ4n) is 2.72. The third-order valence-corrected chi connectivity index (χ3v) is 4.03. The summed E-state index contributed by atoms with van der Waals surface area (Å²) in [4.78, 5) is 49.6. The number of benzene rings is 1. The first-order valence-corrected chi connectivity index (χ1v) is 8.25. The molecular weight excluding hydrogens is 359 g/mol. The molecule has 3 N–H and O–H groups in total. The highest BCUT2D eigenvalue weighted by Gasteiger charge is 2.20. The molecule has 27 heavy (non-hydrogen) atoms. The van der Waals surface area contributed by atoms with Crippen LogP contribution < -0.4 is 21.9 Å². The predicted octanol–water partition coefficient (Wildman–Crippen LogP) is -0.246. The van der Waals surface area contributed by atoms with Crippen LogP contribution in [0.1, 0.15) is 33.4 Å². The van der Waals surface area contributed by atoms with Crippen molar-refractivity contribution < 1.29 is 18.7 Å². The first kappa shape index (κ1) is 18.5. The van der Waals surface area contributed by atoms with Gasteiger partial charge in [0.05, 0.1) is 23.9 Å². The summed E-state index contributed by atoms with van der Waals surface area (Å²) in [5.41, 5.74) is -1.49. The third kappa shape index (κ3) is 4.11. The van der Waals surface area contributed by atoms with Crippen molar-refractivity contribution in [2.75, 3.05) is 19.7 Å². The lowest BCUT2D eigenvalue weighted by Crippen LogP contribution is -2.38. The molecule has 2 heterocycles. The average molecular weight is 376 g/mol. The fraction of sp³-hybridized carbons (Fsp3) is 0.294. The van der Waals surface area contributed by atoms with Gasteiger partial charge in [-0.2, -0.15) is 4.39 Å². The minimum absolute atomic E-state index is 0.0414. The number of amides is 2. The van der Waals surface area contributed by atoms with Gasteiger partial charge in [0.25, 0.3) is 17.4 Å². The molecule has 1 aliphatic heterocycles. The molecule has 1 aromatic heterocycles. The summed E-state index contributed by atoms with van der Waals surface area (Å²) in [5, 5.41) is 5.26. The maximum absolute atomic E-state index is 13.6. The number of aromatic amines is 1. The predicted molar refractivity (Wildman–Crippen MR) is 92.0 cm³/mol. The van der Waals surface area contributed by atoms with E-state index in [2.05, 4.69) is 10.6 Å². The van der Waals surface area contributed by atoms with E-state index < -0.39 is 35.1 Å². The average Bonchev–Trinajstić information content (AvgIpc) is 2.65. The molecule has 0 radical (unpaired) electrons. The molecule has 1 aliphatic rings. The topological polar surface area (TPSA) is 122 Å². The summed E-state index contributed by atoms with van der Waals surface area (Å²) in [6, 6.07) is 6.38. The Balaban J connectivity index is 1.86. The highest BCUT2D eigenvalue weighted by molar-refractivity contribution is 6.07. The summed E-state index contributed by atoms with van der Waals surface area (Å²) in [6.07, 6.45) is -0.0311. The molecule has 0 saturated carbocycles. The zero-order valence-electron chi connectivity index (χ0n) is 14.2. The van der Waals surface area contributed by atoms with E-state index in [4.69, 9.17) is 4.74 Å². The van der Waals surface area contributed by atoms with E-state index in [1.807, 2.05) is 4.98 Å². The summed E-state index contributed by atoms with van der Waals surface area (Å²) >= 11 is 0. The van der Waals surface area contributed by atoms with Crippen LogP contribution in [0.2, 0.25) is 0 Å². The van der Waals surface area contributed by atoms with Crippen molar-refractivity contribution in [3.63, 3.8) is 0 Å². The van der Waals surface area contributed by atoms with Crippen LogP contribution in [0, 0.1) is 5.82 Å². The van der Waals surface area contributed by atoms with Crippen LogP contribution >= 0.6 is 0 Å². The maximum atomic E-state index is 13.6. The number of rotatable bonds is 1. The van der Waals surface area contributed by atoms with E-state index in [-0.39, 0.29) is 37.2 Å². The van der Waals surface area contributed by atoms with Gasteiger partial charge in [-0.05, 0) is 12.1 Å². The molecule has 2 amide bonds. The molecule has 9 nitrogen and oxygen atoms in total. The number of ether oxygens (including phenoxy) is 1. The standard InChI is InChI=1S/C17H17FN4O5/c18-12-9-22(17(26)21-16(12)25)13-5-6-19-14(23)10-3-1-2-4-11(10)15(24)20-7-8-27-13/h1-4,9,13H,5-8H2,(H,19,23)(H,20,24)(H,21,25,26). The van der Waals surface area contributed by atoms with E-state index in [0.29, 0.717) is 0 Å². The number of nitrogens with one attached hydrogen (secondary N) is 3. The number of H-pyrrole nitrogens is 1. The second-order valence-corrected chi connectivity index (χ2v) is 5.82. The van der Waals surface area contributed by atoms with Crippen molar-refractivity contribution >= 4 is 11.8 Å². The molecule has 0 aliphatic carbocycles. The second kappa shape index (κ2) is 7.96. The minimum Gasteiger partial charge on any atom is -0.356 e. The zero-order valence-corrected chi connectivity index (χ0v) is 14.2. The number of nitrogens with zero attached hydrogens (tertiary/aromatic N) is 1. The minimum atomic E-state index is -1.13. The Hall–Kier alpha value is -3.27. The Kier molecular flexibility index (Phi) is 5.46. The number of halogens is 1. The van der Waals surface area contributed by atoms with Crippen LogP contribution in [0.3, 0.4) is 0 Å². The lowest BCUT2D eigenvalue weighted by molar-refractivity contribution is -0.00499. The highest BCUT2D eigenvalue weighted by atomic mass is 19.1. The van der Waals surface area contributed by atoms with Crippen molar-refractivity contribution in [2.45, 2.75) is 12.6 Å². The van der Waals surface area contributed by atoms with Gasteiger partial charge in [0.2, 0.25) is 5.82 Å². The van der Waals surface area contributed by atoms with E-state index in [1.54, 1.807) is 18.2 Å². The third-order valence-electron chi connectivity index (χ3n) is 4.03. The van der Waals surface area contributed by atoms with Crippen molar-refractivity contribution in [1.82, 2.24) is 20.2 Å². The number of hydrogen-bond acceptors (Lipinski definition) is 5. The molecular formula is C17H17FN4O5. The molecule has 1 aromatic carbocycles. The van der Waals surface area contributed by atoms with Crippen molar-refractivity contribution in [2.24, 2.45) is 0 Å². The number of aromatic nitrogens is 2. The van der Waals surface area contributed by atoms with Crippen LogP contribution in [0.15, 0.2) is 40.1 Å². The SMILES string of the molecule is O=C1NCCOC(n2cc(F)c(=O)[nH]c2=O)CCNC(=O)c2ccccc21. The number of carbonyl (C=O) groups excluding carboxylic acids is 2. The van der Waals surface area contributed by atoms with Gasteiger partial charge in [0.1, 0.15) is 6.23 Å². The summed E-state index contributed by atoms with van der Waals surface area (Å²) in [5.74, 6) is -2.02. The highest BCUT2D eigenvalue weighted by Crippen LogP contribution is 2.13. The number of fused-ring (bicyclic) bond motifs is 1. The van der Waals surface area contributed by atoms with Gasteiger partial charge in [0.15, 0.2) is 0 Å². The molecule has 0 spiro atoms. The second-order valence-electron chi connectivity index (χ2n) is 5.82. The van der Waals surface area contributed by atoms with Crippen molar-refractivity contribution in [1.29, 1.82) is 0 Å². The molecule has 0 fully saturated rings. The van der Waals surface area contributed by atoms with Gasteiger partial charge in [0, 0.05) is 19.5 Å². The molecule has 3 rings (SSSR count). The normalized spacial score (nSPS) is 18.5. The van der Waals surface area contributed by atoms with Crippen LogP contribution in [-0.2, 0) is 4.74 Å². The monoisotopic (exact) mass is 376 g/mol. The summed E-state index contributed by atoms with van der Waals surface area (Å²) < 4.78 is 20.0. The van der Waals surface area contributed by atoms with E-state index in [0.717, 1.165) is 10.8 Å². The zero-order chi connectivity index (χ0) is 19.4. The van der Waals surface area contributed by atoms with E-state index >= 15 is 0 Å². The Morgan fingerprint density at radius 2 is 1.63 bits per heavy atom. The number of carbonyl (C=O) groups is 2. The van der Waals surface area contributed by atoms with Crippen molar-refractivity contribution in [3.8, 4) is 0 Å². The van der Waals surface area contributed by atoms with Gasteiger partial charge >= 0.3 is 5.69 Å². The lowest BCUT2D eigenvalue weighted by Gasteiger charge is -2.21. The lowest BCUT2D eigenvalue weighted by atomic mass is 10.1. The Bertz CT molecular complexity index is 984. The summed E-state index contributed by atoms with van der Waals surface area (Å²) in [7, 11) is 0. The molecule has 142 valence electrons. The molecule has 0 bridgehead atoms. The fourth-order valence-corrected chi connectivity index (χ4v) is 2.72. The van der Waals surface area contributed by atoms with Gasteiger partial charge < -0.3 is 15.4 Å². The van der Waals surface area contributed by atoms with Crippen LogP contribution in [0.25, 0.3) is 0 Å². The molecule has 0 saturated heterocycles. The first-order chi connectivity index (χ1) is 13.0. The van der Waals surface area contributed by atoms with E-state index in [9.17, 15) is 23.6 Å². The Labute approximate surface area is 152 Å². The van der Waals surface area contributed by atoms with E-state index in [1.165, 1.54) is 6.07 Å². The first-order valence-electron chi connectivity index (χ1n) is 8.25. The Morgan fingerprint density at radius 1 is 1.00 bits per heavy atom. The Morgan fingerprint density at radius 3 is 2.30 bits per heavy atom. The van der Waals surface area contributed by atoms with Crippen LogP contribution in [0.4, 0.5) is 4.39 Å². The molecule has 1 unspecified atom stereocenters. The van der Waals surface area contributed by atoms with Gasteiger partial charge in [-0.3, -0.25) is 23.9 Å². The molecule has 10 heteroatoms. The van der Waals surface area contributed by atoms with Crippen molar-refractivity contribution in [3.05, 3.63) is 68.2 Å². The van der Waals surface area contributed by atoms with Gasteiger partial charge in [-0.25, -0.2) is 4.79 Å². The maximum Gasteiger partial charge on any atom is 0.330 e. The number of hydrogen-bond donors (Lipinski definition) is 3. The largest absolute Gasteiger partial charge is 0.356 e. The quantitative estimate of drug-likeness (QED) is 0.634. The van der Waals surface area contributed by atoms with Crippen LogP contribution in [-0.4, -0.2) is 41.1 Å². The van der Waals surface area contributed by atoms with Gasteiger partial charge in [-0.15, -0.1) is 0 Å². The molecule has 2 aromatic rings. The molecule has 1 atom stereocenters. The summed E-state index contributed by atoms with van der Waals surface area (Å²) in [6.45, 7) is 0.262. The van der Waals surface area contributed by atoms with Gasteiger partial charge in [-0.1, -0.05) is 12.1 Å². The van der Waals surface area contributed by atoms with Crippen LogP contribution in [0.5, 0.6) is 0 Å². The smallest absolute Gasteiger partial charge is 0.330 e.